The Bertz CT molecular complexity index is 204. The summed E-state index contributed by atoms with van der Waals surface area (Å²) in [5.41, 5.74) is 0. The number of nitrogens with zero attached hydrogens (tertiary/aromatic N) is 1. The van der Waals surface area contributed by atoms with Crippen LogP contribution in [0.15, 0.2) is 0 Å². The maximum absolute atomic E-state index is 3.52. The minimum absolute atomic E-state index is 0.931. The first-order valence-electron chi connectivity index (χ1n) is 6.29. The van der Waals surface area contributed by atoms with Crippen molar-refractivity contribution in [3.63, 3.8) is 0 Å². The summed E-state index contributed by atoms with van der Waals surface area (Å²) in [6, 6.07) is 0.931. The van der Waals surface area contributed by atoms with Gasteiger partial charge in [-0.3, -0.25) is 4.90 Å². The van der Waals surface area contributed by atoms with Crippen molar-refractivity contribution in [2.75, 3.05) is 26.2 Å². The standard InChI is InChI=1S/C12H22N2/c1-9-3-2-4-12(9)14-7-10-5-13-6-11(10)8-14/h9-13H,2-8H2,1H3/t9?,10-,11+,12?. The van der Waals surface area contributed by atoms with Crippen molar-refractivity contribution in [1.29, 1.82) is 0 Å². The largest absolute Gasteiger partial charge is 0.316 e. The second-order valence-corrected chi connectivity index (χ2v) is 5.61. The molecule has 0 radical (unpaired) electrons. The van der Waals surface area contributed by atoms with Crippen LogP contribution in [0.5, 0.6) is 0 Å². The van der Waals surface area contributed by atoms with Gasteiger partial charge < -0.3 is 5.32 Å². The van der Waals surface area contributed by atoms with Crippen LogP contribution < -0.4 is 5.32 Å². The van der Waals surface area contributed by atoms with Gasteiger partial charge >= 0.3 is 0 Å². The van der Waals surface area contributed by atoms with Crippen molar-refractivity contribution in [1.82, 2.24) is 10.2 Å². The molecule has 3 fully saturated rings. The molecule has 3 rings (SSSR count). The molecule has 1 aliphatic carbocycles. The molecule has 2 unspecified atom stereocenters. The molecule has 1 N–H and O–H groups in total. The Kier molecular flexibility index (Phi) is 2.29. The minimum atomic E-state index is 0.931. The molecule has 2 heteroatoms. The number of hydrogen-bond donors (Lipinski definition) is 1. The molecular formula is C12H22N2. The number of likely N-dealkylation sites (tertiary alicyclic amines) is 1. The van der Waals surface area contributed by atoms with Crippen LogP contribution in [0.1, 0.15) is 26.2 Å². The lowest BCUT2D eigenvalue weighted by atomic mass is 10.0. The number of rotatable bonds is 1. The third-order valence-corrected chi connectivity index (χ3v) is 4.70. The van der Waals surface area contributed by atoms with E-state index in [0.29, 0.717) is 0 Å². The fourth-order valence-corrected chi connectivity index (χ4v) is 3.83. The SMILES string of the molecule is CC1CCCC1N1C[C@H]2CNC[C@H]2C1. The first kappa shape index (κ1) is 9.17. The summed E-state index contributed by atoms with van der Waals surface area (Å²) >= 11 is 0. The lowest BCUT2D eigenvalue weighted by Gasteiger charge is -2.28. The molecule has 80 valence electrons. The summed E-state index contributed by atoms with van der Waals surface area (Å²) in [6.45, 7) is 7.77. The Hall–Kier alpha value is -0.0800. The highest BCUT2D eigenvalue weighted by molar-refractivity contribution is 4.95. The van der Waals surface area contributed by atoms with Crippen molar-refractivity contribution < 1.29 is 0 Å². The molecule has 2 heterocycles. The van der Waals surface area contributed by atoms with Crippen molar-refractivity contribution in [3.05, 3.63) is 0 Å². The first-order chi connectivity index (χ1) is 6.84. The van der Waals surface area contributed by atoms with Gasteiger partial charge in [-0.25, -0.2) is 0 Å². The van der Waals surface area contributed by atoms with Crippen LogP contribution in [0.3, 0.4) is 0 Å². The third-order valence-electron chi connectivity index (χ3n) is 4.70. The van der Waals surface area contributed by atoms with Crippen molar-refractivity contribution in [2.24, 2.45) is 17.8 Å². The van der Waals surface area contributed by atoms with Crippen LogP contribution in [0.2, 0.25) is 0 Å². The fourth-order valence-electron chi connectivity index (χ4n) is 3.83. The second kappa shape index (κ2) is 3.49. The van der Waals surface area contributed by atoms with Crippen LogP contribution in [0.4, 0.5) is 0 Å². The molecule has 0 aromatic heterocycles. The van der Waals surface area contributed by atoms with Crippen LogP contribution in [0, 0.1) is 17.8 Å². The molecular weight excluding hydrogens is 172 g/mol. The van der Waals surface area contributed by atoms with E-state index in [9.17, 15) is 0 Å². The van der Waals surface area contributed by atoms with Crippen LogP contribution in [0.25, 0.3) is 0 Å². The van der Waals surface area contributed by atoms with Gasteiger partial charge in [-0.05, 0) is 43.7 Å². The zero-order chi connectivity index (χ0) is 9.54. The Morgan fingerprint density at radius 1 is 1.07 bits per heavy atom. The molecule has 3 aliphatic rings. The van der Waals surface area contributed by atoms with Gasteiger partial charge in [0.2, 0.25) is 0 Å². The van der Waals surface area contributed by atoms with E-state index in [1.165, 1.54) is 45.4 Å². The second-order valence-electron chi connectivity index (χ2n) is 5.61. The molecule has 14 heavy (non-hydrogen) atoms. The fraction of sp³-hybridized carbons (Fsp3) is 1.00. The van der Waals surface area contributed by atoms with Gasteiger partial charge in [-0.1, -0.05) is 13.3 Å². The zero-order valence-corrected chi connectivity index (χ0v) is 9.21. The van der Waals surface area contributed by atoms with Crippen molar-refractivity contribution in [3.8, 4) is 0 Å². The highest BCUT2D eigenvalue weighted by Gasteiger charge is 2.40. The van der Waals surface area contributed by atoms with E-state index < -0.39 is 0 Å². The van der Waals surface area contributed by atoms with Crippen LogP contribution >= 0.6 is 0 Å². The maximum atomic E-state index is 3.52. The molecule has 1 saturated carbocycles. The predicted molar refractivity (Wildman–Crippen MR) is 58.2 cm³/mol. The van der Waals surface area contributed by atoms with Gasteiger partial charge in [-0.2, -0.15) is 0 Å². The van der Waals surface area contributed by atoms with E-state index in [2.05, 4.69) is 17.1 Å². The van der Waals surface area contributed by atoms with Gasteiger partial charge in [0.25, 0.3) is 0 Å². The summed E-state index contributed by atoms with van der Waals surface area (Å²) in [5, 5.41) is 3.52. The summed E-state index contributed by atoms with van der Waals surface area (Å²) < 4.78 is 0. The van der Waals surface area contributed by atoms with Crippen LogP contribution in [-0.4, -0.2) is 37.1 Å². The number of hydrogen-bond acceptors (Lipinski definition) is 2. The smallest absolute Gasteiger partial charge is 0.0121 e. The molecule has 2 saturated heterocycles. The maximum Gasteiger partial charge on any atom is 0.0121 e. The molecule has 0 amide bonds. The van der Waals surface area contributed by atoms with E-state index in [-0.39, 0.29) is 0 Å². The third kappa shape index (κ3) is 1.40. The highest BCUT2D eigenvalue weighted by Crippen LogP contribution is 2.35. The van der Waals surface area contributed by atoms with E-state index in [1.54, 1.807) is 0 Å². The summed E-state index contributed by atoms with van der Waals surface area (Å²) in [5.74, 6) is 2.91. The molecule has 4 atom stereocenters. The van der Waals surface area contributed by atoms with Gasteiger partial charge in [-0.15, -0.1) is 0 Å². The summed E-state index contributed by atoms with van der Waals surface area (Å²) in [4.78, 5) is 2.80. The van der Waals surface area contributed by atoms with Gasteiger partial charge in [0.1, 0.15) is 0 Å². The molecule has 0 aromatic rings. The lowest BCUT2D eigenvalue weighted by molar-refractivity contribution is 0.192. The zero-order valence-electron chi connectivity index (χ0n) is 9.21. The predicted octanol–water partition coefficient (Wildman–Crippen LogP) is 1.33. The number of fused-ring (bicyclic) bond motifs is 1. The Labute approximate surface area is 87.0 Å². The quantitative estimate of drug-likeness (QED) is 0.677. The van der Waals surface area contributed by atoms with E-state index in [4.69, 9.17) is 0 Å². The Morgan fingerprint density at radius 2 is 1.79 bits per heavy atom. The topological polar surface area (TPSA) is 15.3 Å². The normalized spacial score (nSPS) is 48.6. The first-order valence-corrected chi connectivity index (χ1v) is 6.29. The molecule has 2 nitrogen and oxygen atoms in total. The van der Waals surface area contributed by atoms with Crippen molar-refractivity contribution >= 4 is 0 Å². The molecule has 0 bridgehead atoms. The lowest BCUT2D eigenvalue weighted by Crippen LogP contribution is -2.37. The van der Waals surface area contributed by atoms with Gasteiger partial charge in [0, 0.05) is 19.1 Å². The Morgan fingerprint density at radius 3 is 2.36 bits per heavy atom. The monoisotopic (exact) mass is 194 g/mol. The van der Waals surface area contributed by atoms with E-state index >= 15 is 0 Å². The Balaban J connectivity index is 1.65. The van der Waals surface area contributed by atoms with Gasteiger partial charge in [0.15, 0.2) is 0 Å². The van der Waals surface area contributed by atoms with E-state index in [0.717, 1.165) is 23.8 Å². The van der Waals surface area contributed by atoms with Crippen LogP contribution in [-0.2, 0) is 0 Å². The summed E-state index contributed by atoms with van der Waals surface area (Å²) in [7, 11) is 0. The molecule has 0 aromatic carbocycles. The average Bonchev–Trinajstić information content (AvgIpc) is 2.75. The average molecular weight is 194 g/mol. The number of nitrogens with one attached hydrogen (secondary N) is 1. The van der Waals surface area contributed by atoms with E-state index in [1.807, 2.05) is 0 Å². The molecule has 2 aliphatic heterocycles. The van der Waals surface area contributed by atoms with Crippen molar-refractivity contribution in [2.45, 2.75) is 32.2 Å². The minimum Gasteiger partial charge on any atom is -0.316 e. The summed E-state index contributed by atoms with van der Waals surface area (Å²) in [6.07, 6.45) is 4.40. The highest BCUT2D eigenvalue weighted by atomic mass is 15.2. The van der Waals surface area contributed by atoms with Gasteiger partial charge in [0.05, 0.1) is 0 Å². The molecule has 0 spiro atoms.